The molecule has 0 aromatic rings. The first kappa shape index (κ1) is 6.28. The predicted molar refractivity (Wildman–Crippen MR) is 31.2 cm³/mol. The molecule has 0 aliphatic carbocycles. The first-order valence-corrected chi connectivity index (χ1v) is 2.25. The van der Waals surface area contributed by atoms with Crippen molar-refractivity contribution in [2.45, 2.75) is 13.8 Å². The summed E-state index contributed by atoms with van der Waals surface area (Å²) in [7, 11) is 0. The van der Waals surface area contributed by atoms with Crippen molar-refractivity contribution in [1.29, 1.82) is 0 Å². The van der Waals surface area contributed by atoms with E-state index in [1.54, 1.807) is 0 Å². The molecule has 0 aliphatic heterocycles. The zero-order valence-corrected chi connectivity index (χ0v) is 4.68. The van der Waals surface area contributed by atoms with E-state index in [0.717, 1.165) is 11.8 Å². The molecule has 40 valence electrons. The largest absolute Gasteiger partial charge is 0.515 e. The molecule has 7 heavy (non-hydrogen) atoms. The maximum absolute atomic E-state index is 8.25. The van der Waals surface area contributed by atoms with E-state index in [2.05, 4.69) is 0 Å². The van der Waals surface area contributed by atoms with Crippen LogP contribution in [0.25, 0.3) is 0 Å². The number of hydrogen-bond donors (Lipinski definition) is 1. The molecule has 0 atom stereocenters. The molecule has 0 amide bonds. The van der Waals surface area contributed by atoms with Crippen LogP contribution in [0.4, 0.5) is 0 Å². The summed E-state index contributed by atoms with van der Waals surface area (Å²) in [5, 5.41) is 8.25. The Morgan fingerprint density at radius 1 is 1.57 bits per heavy atom. The molecule has 0 saturated carbocycles. The summed E-state index contributed by atoms with van der Waals surface area (Å²) in [4.78, 5) is 0. The van der Waals surface area contributed by atoms with Crippen LogP contribution in [-0.2, 0) is 0 Å². The highest BCUT2D eigenvalue weighted by Crippen LogP contribution is 1.89. The summed E-state index contributed by atoms with van der Waals surface area (Å²) in [6.07, 6.45) is 4.79. The van der Waals surface area contributed by atoms with Gasteiger partial charge in [0, 0.05) is 0 Å². The Labute approximate surface area is 44.0 Å². The van der Waals surface area contributed by atoms with Gasteiger partial charge in [0.1, 0.15) is 0 Å². The lowest BCUT2D eigenvalue weighted by Crippen LogP contribution is -1.62. The van der Waals surface area contributed by atoms with Crippen molar-refractivity contribution in [3.8, 4) is 0 Å². The molecule has 1 nitrogen and oxygen atoms in total. The van der Waals surface area contributed by atoms with Crippen molar-refractivity contribution in [3.63, 3.8) is 0 Å². The molecule has 0 aliphatic rings. The summed E-state index contributed by atoms with van der Waals surface area (Å²) in [6.45, 7) is 3.74. The van der Waals surface area contributed by atoms with E-state index in [0.29, 0.717) is 0 Å². The Morgan fingerprint density at radius 3 is 2.29 bits per heavy atom. The second kappa shape index (κ2) is 3.47. The molecule has 1 N–H and O–H groups in total. The minimum Gasteiger partial charge on any atom is -0.515 e. The molecule has 0 aromatic carbocycles. The van der Waals surface area contributed by atoms with Crippen molar-refractivity contribution in [2.24, 2.45) is 0 Å². The minimum absolute atomic E-state index is 0.877. The van der Waals surface area contributed by atoms with Crippen LogP contribution in [0, 0.1) is 0 Å². The van der Waals surface area contributed by atoms with E-state index < -0.39 is 0 Å². The fourth-order valence-corrected chi connectivity index (χ4v) is 0.306. The minimum atomic E-state index is 0.877. The molecular weight excluding hydrogens is 88.1 g/mol. The molecule has 0 fully saturated rings. The van der Waals surface area contributed by atoms with Gasteiger partial charge < -0.3 is 5.11 Å². The van der Waals surface area contributed by atoms with Gasteiger partial charge in [-0.25, -0.2) is 0 Å². The van der Waals surface area contributed by atoms with Gasteiger partial charge >= 0.3 is 0 Å². The van der Waals surface area contributed by atoms with Crippen LogP contribution in [0.3, 0.4) is 0 Å². The molecule has 0 spiro atoms. The highest BCUT2D eigenvalue weighted by Gasteiger charge is 1.71. The summed E-state index contributed by atoms with van der Waals surface area (Å²) in [5.41, 5.74) is 0.877. The Bertz CT molecular complexity index is 90.4. The molecular formula is C6H10O. The molecule has 0 bridgehead atoms. The lowest BCUT2D eigenvalue weighted by atomic mass is 10.3. The van der Waals surface area contributed by atoms with E-state index in [1.807, 2.05) is 26.0 Å². The van der Waals surface area contributed by atoms with Crippen molar-refractivity contribution in [1.82, 2.24) is 0 Å². The predicted octanol–water partition coefficient (Wildman–Crippen LogP) is 2.02. The zero-order valence-electron chi connectivity index (χ0n) is 4.68. The summed E-state index contributed by atoms with van der Waals surface area (Å²) in [6, 6.07) is 0. The van der Waals surface area contributed by atoms with Gasteiger partial charge in [-0.1, -0.05) is 12.2 Å². The highest BCUT2D eigenvalue weighted by atomic mass is 16.2. The van der Waals surface area contributed by atoms with Gasteiger partial charge in [0.15, 0.2) is 0 Å². The topological polar surface area (TPSA) is 20.2 Å². The molecule has 0 rings (SSSR count). The van der Waals surface area contributed by atoms with Crippen LogP contribution in [0.5, 0.6) is 0 Å². The zero-order chi connectivity index (χ0) is 5.70. The highest BCUT2D eigenvalue weighted by molar-refractivity contribution is 5.11. The third-order valence-electron chi connectivity index (χ3n) is 0.633. The van der Waals surface area contributed by atoms with Crippen molar-refractivity contribution >= 4 is 0 Å². The Hall–Kier alpha value is -0.720. The fourth-order valence-electron chi connectivity index (χ4n) is 0.306. The van der Waals surface area contributed by atoms with Gasteiger partial charge in [-0.05, 0) is 19.4 Å². The SMILES string of the molecule is C/C=C\C(C)=C/O. The van der Waals surface area contributed by atoms with Crippen LogP contribution in [0.2, 0.25) is 0 Å². The normalized spacial score (nSPS) is 13.1. The van der Waals surface area contributed by atoms with E-state index in [1.165, 1.54) is 0 Å². The first-order chi connectivity index (χ1) is 3.31. The fraction of sp³-hybridized carbons (Fsp3) is 0.333. The number of aliphatic hydroxyl groups excluding tert-OH is 1. The summed E-state index contributed by atoms with van der Waals surface area (Å²) in [5.74, 6) is 0. The van der Waals surface area contributed by atoms with Crippen LogP contribution in [-0.4, -0.2) is 5.11 Å². The van der Waals surface area contributed by atoms with Crippen LogP contribution >= 0.6 is 0 Å². The molecule has 0 heterocycles. The summed E-state index contributed by atoms with van der Waals surface area (Å²) < 4.78 is 0. The van der Waals surface area contributed by atoms with Gasteiger partial charge in [-0.15, -0.1) is 0 Å². The van der Waals surface area contributed by atoms with Crippen molar-refractivity contribution < 1.29 is 5.11 Å². The van der Waals surface area contributed by atoms with Gasteiger partial charge in [0.05, 0.1) is 6.26 Å². The van der Waals surface area contributed by atoms with E-state index >= 15 is 0 Å². The number of allylic oxidation sites excluding steroid dienone is 3. The van der Waals surface area contributed by atoms with Crippen LogP contribution in [0.1, 0.15) is 13.8 Å². The third-order valence-corrected chi connectivity index (χ3v) is 0.633. The van der Waals surface area contributed by atoms with Crippen LogP contribution < -0.4 is 0 Å². The first-order valence-electron chi connectivity index (χ1n) is 2.25. The average molecular weight is 98.1 g/mol. The van der Waals surface area contributed by atoms with Crippen molar-refractivity contribution in [3.05, 3.63) is 24.0 Å². The number of rotatable bonds is 1. The summed E-state index contributed by atoms with van der Waals surface area (Å²) >= 11 is 0. The van der Waals surface area contributed by atoms with Gasteiger partial charge in [-0.3, -0.25) is 0 Å². The van der Waals surface area contributed by atoms with Gasteiger partial charge in [0.25, 0.3) is 0 Å². The second-order valence-corrected chi connectivity index (χ2v) is 1.37. The quantitative estimate of drug-likeness (QED) is 0.393. The Morgan fingerprint density at radius 2 is 2.14 bits per heavy atom. The monoisotopic (exact) mass is 98.1 g/mol. The van der Waals surface area contributed by atoms with E-state index in [9.17, 15) is 0 Å². The molecule has 0 aromatic heterocycles. The third kappa shape index (κ3) is 3.10. The molecule has 0 radical (unpaired) electrons. The standard InChI is InChI=1S/C6H10O/c1-3-4-6(2)5-7/h3-5,7H,1-2H3/b4-3-,6-5-. The lowest BCUT2D eigenvalue weighted by Gasteiger charge is -1.80. The second-order valence-electron chi connectivity index (χ2n) is 1.37. The number of hydrogen-bond acceptors (Lipinski definition) is 1. The Kier molecular flexibility index (Phi) is 3.11. The maximum Gasteiger partial charge on any atom is 0.0820 e. The van der Waals surface area contributed by atoms with Gasteiger partial charge in [-0.2, -0.15) is 0 Å². The Balaban J connectivity index is 3.58. The average Bonchev–Trinajstić information content (AvgIpc) is 1.68. The van der Waals surface area contributed by atoms with E-state index in [4.69, 9.17) is 5.11 Å². The molecule has 0 saturated heterocycles. The number of aliphatic hydroxyl groups is 1. The van der Waals surface area contributed by atoms with Crippen LogP contribution in [0.15, 0.2) is 24.0 Å². The lowest BCUT2D eigenvalue weighted by molar-refractivity contribution is 0.469. The smallest absolute Gasteiger partial charge is 0.0820 e. The van der Waals surface area contributed by atoms with E-state index in [-0.39, 0.29) is 0 Å². The van der Waals surface area contributed by atoms with Crippen molar-refractivity contribution in [2.75, 3.05) is 0 Å². The maximum atomic E-state index is 8.25. The van der Waals surface area contributed by atoms with Gasteiger partial charge in [0.2, 0.25) is 0 Å². The molecule has 1 heteroatoms. The molecule has 0 unspecified atom stereocenters.